The predicted octanol–water partition coefficient (Wildman–Crippen LogP) is 1.87. The zero-order chi connectivity index (χ0) is 15.8. The van der Waals surface area contributed by atoms with Crippen molar-refractivity contribution in [3.05, 3.63) is 0 Å². The zero-order valence-corrected chi connectivity index (χ0v) is 14.2. The van der Waals surface area contributed by atoms with Crippen molar-refractivity contribution in [1.29, 1.82) is 0 Å². The molecular formula is C16H32N2O3. The number of nitrogens with zero attached hydrogens (tertiary/aromatic N) is 1. The van der Waals surface area contributed by atoms with Gasteiger partial charge in [0.25, 0.3) is 0 Å². The van der Waals surface area contributed by atoms with Gasteiger partial charge in [0.15, 0.2) is 0 Å². The second-order valence-corrected chi connectivity index (χ2v) is 6.52. The molecule has 1 amide bonds. The lowest BCUT2D eigenvalue weighted by molar-refractivity contribution is -0.131. The molecule has 0 saturated carbocycles. The second kappa shape index (κ2) is 9.38. The van der Waals surface area contributed by atoms with Gasteiger partial charge < -0.3 is 14.4 Å². The van der Waals surface area contributed by atoms with Crippen molar-refractivity contribution in [1.82, 2.24) is 10.2 Å². The summed E-state index contributed by atoms with van der Waals surface area (Å²) in [4.78, 5) is 14.5. The van der Waals surface area contributed by atoms with E-state index in [1.54, 1.807) is 7.11 Å². The highest BCUT2D eigenvalue weighted by atomic mass is 16.5. The van der Waals surface area contributed by atoms with Gasteiger partial charge in [0.1, 0.15) is 0 Å². The van der Waals surface area contributed by atoms with Crippen molar-refractivity contribution in [3.63, 3.8) is 0 Å². The largest absolute Gasteiger partial charge is 0.382 e. The summed E-state index contributed by atoms with van der Waals surface area (Å²) in [5.74, 6) is 1.14. The van der Waals surface area contributed by atoms with Gasteiger partial charge in [0.05, 0.1) is 25.4 Å². The van der Waals surface area contributed by atoms with Crippen molar-refractivity contribution >= 4 is 5.91 Å². The van der Waals surface area contributed by atoms with Crippen LogP contribution in [0.3, 0.4) is 0 Å². The normalized spacial score (nSPS) is 22.8. The van der Waals surface area contributed by atoms with Gasteiger partial charge in [0, 0.05) is 20.3 Å². The van der Waals surface area contributed by atoms with E-state index in [4.69, 9.17) is 9.47 Å². The smallest absolute Gasteiger partial charge is 0.241 e. The Bertz CT molecular complexity index is 308. The number of ether oxygens (including phenoxy) is 2. The van der Waals surface area contributed by atoms with Gasteiger partial charge in [-0.25, -0.2) is 0 Å². The molecule has 0 aromatic heterocycles. The van der Waals surface area contributed by atoms with E-state index in [1.165, 1.54) is 0 Å². The summed E-state index contributed by atoms with van der Waals surface area (Å²) in [5.41, 5.74) is 0. The average Bonchev–Trinajstić information content (AvgIpc) is 2.70. The summed E-state index contributed by atoms with van der Waals surface area (Å²) in [6.45, 7) is 11.3. The molecule has 1 rings (SSSR count). The lowest BCUT2D eigenvalue weighted by atomic mass is 10.0. The Balaban J connectivity index is 2.44. The Kier molecular flexibility index (Phi) is 8.22. The van der Waals surface area contributed by atoms with Crippen LogP contribution in [0.15, 0.2) is 0 Å². The molecule has 1 saturated heterocycles. The van der Waals surface area contributed by atoms with Gasteiger partial charge in [0.2, 0.25) is 5.91 Å². The Morgan fingerprint density at radius 3 is 2.48 bits per heavy atom. The topological polar surface area (TPSA) is 50.8 Å². The van der Waals surface area contributed by atoms with Crippen LogP contribution in [0.5, 0.6) is 0 Å². The minimum absolute atomic E-state index is 0.0387. The highest BCUT2D eigenvalue weighted by Gasteiger charge is 2.39. The average molecular weight is 300 g/mol. The van der Waals surface area contributed by atoms with Crippen molar-refractivity contribution in [3.8, 4) is 0 Å². The number of rotatable bonds is 10. The summed E-state index contributed by atoms with van der Waals surface area (Å²) in [6, 6.07) is -0.0387. The van der Waals surface area contributed by atoms with Crippen molar-refractivity contribution in [2.75, 3.05) is 33.5 Å². The Morgan fingerprint density at radius 2 is 1.90 bits per heavy atom. The lowest BCUT2D eigenvalue weighted by Gasteiger charge is -2.25. The van der Waals surface area contributed by atoms with Crippen LogP contribution >= 0.6 is 0 Å². The van der Waals surface area contributed by atoms with Crippen LogP contribution in [-0.4, -0.2) is 56.5 Å². The van der Waals surface area contributed by atoms with Gasteiger partial charge >= 0.3 is 0 Å². The number of carbonyl (C=O) groups is 1. The fourth-order valence-electron chi connectivity index (χ4n) is 2.67. The van der Waals surface area contributed by atoms with Crippen LogP contribution in [-0.2, 0) is 14.3 Å². The third-order valence-electron chi connectivity index (χ3n) is 3.78. The molecule has 0 aromatic rings. The molecular weight excluding hydrogens is 268 g/mol. The Labute approximate surface area is 129 Å². The van der Waals surface area contributed by atoms with E-state index in [-0.39, 0.29) is 18.1 Å². The van der Waals surface area contributed by atoms with Gasteiger partial charge in [-0.15, -0.1) is 0 Å². The standard InChI is InChI=1S/C16H32N2O3/c1-12(2)11-14-17-15(13(3)4)16(19)18(14)7-6-8-21-10-9-20-5/h12-15,17H,6-11H2,1-5H3. The molecule has 0 aromatic carbocycles. The summed E-state index contributed by atoms with van der Waals surface area (Å²) in [5, 5.41) is 3.50. The highest BCUT2D eigenvalue weighted by Crippen LogP contribution is 2.21. The van der Waals surface area contributed by atoms with E-state index in [2.05, 4.69) is 33.0 Å². The fourth-order valence-corrected chi connectivity index (χ4v) is 2.67. The van der Waals surface area contributed by atoms with Gasteiger partial charge in [-0.2, -0.15) is 0 Å². The zero-order valence-electron chi connectivity index (χ0n) is 14.2. The van der Waals surface area contributed by atoms with Gasteiger partial charge in [-0.1, -0.05) is 27.7 Å². The van der Waals surface area contributed by atoms with E-state index in [9.17, 15) is 4.79 Å². The maximum absolute atomic E-state index is 12.5. The molecule has 0 radical (unpaired) electrons. The van der Waals surface area contributed by atoms with Crippen molar-refractivity contribution in [2.24, 2.45) is 11.8 Å². The Hall–Kier alpha value is -0.650. The van der Waals surface area contributed by atoms with Crippen molar-refractivity contribution in [2.45, 2.75) is 52.7 Å². The monoisotopic (exact) mass is 300 g/mol. The number of methoxy groups -OCH3 is 1. The number of hydrogen-bond acceptors (Lipinski definition) is 4. The van der Waals surface area contributed by atoms with Gasteiger partial charge in [-0.3, -0.25) is 10.1 Å². The quantitative estimate of drug-likeness (QED) is 0.626. The van der Waals surface area contributed by atoms with Crippen LogP contribution < -0.4 is 5.32 Å². The van der Waals surface area contributed by atoms with E-state index in [1.807, 2.05) is 4.90 Å². The number of nitrogens with one attached hydrogen (secondary N) is 1. The van der Waals surface area contributed by atoms with Crippen LogP contribution in [0, 0.1) is 11.8 Å². The molecule has 0 aliphatic carbocycles. The highest BCUT2D eigenvalue weighted by molar-refractivity contribution is 5.84. The molecule has 1 heterocycles. The molecule has 124 valence electrons. The molecule has 21 heavy (non-hydrogen) atoms. The SMILES string of the molecule is COCCOCCCN1C(=O)C(C(C)C)NC1CC(C)C. The molecule has 0 spiro atoms. The summed E-state index contributed by atoms with van der Waals surface area (Å²) >= 11 is 0. The summed E-state index contributed by atoms with van der Waals surface area (Å²) in [6.07, 6.45) is 2.04. The first-order valence-electron chi connectivity index (χ1n) is 8.10. The minimum atomic E-state index is -0.0387. The van der Waals surface area contributed by atoms with Crippen LogP contribution in [0.25, 0.3) is 0 Å². The van der Waals surface area contributed by atoms with Gasteiger partial charge in [-0.05, 0) is 24.7 Å². The third kappa shape index (κ3) is 5.93. The van der Waals surface area contributed by atoms with Crippen molar-refractivity contribution < 1.29 is 14.3 Å². The number of amides is 1. The van der Waals surface area contributed by atoms with E-state index >= 15 is 0 Å². The maximum atomic E-state index is 12.5. The first kappa shape index (κ1) is 18.4. The second-order valence-electron chi connectivity index (χ2n) is 6.52. The molecule has 0 bridgehead atoms. The first-order chi connectivity index (χ1) is 9.97. The number of carbonyl (C=O) groups excluding carboxylic acids is 1. The van der Waals surface area contributed by atoms with Crippen LogP contribution in [0.4, 0.5) is 0 Å². The Morgan fingerprint density at radius 1 is 1.19 bits per heavy atom. The summed E-state index contributed by atoms with van der Waals surface area (Å²) in [7, 11) is 1.67. The molecule has 1 aliphatic heterocycles. The lowest BCUT2D eigenvalue weighted by Crippen LogP contribution is -2.39. The molecule has 5 nitrogen and oxygen atoms in total. The minimum Gasteiger partial charge on any atom is -0.382 e. The molecule has 1 N–H and O–H groups in total. The summed E-state index contributed by atoms with van der Waals surface area (Å²) < 4.78 is 10.4. The first-order valence-corrected chi connectivity index (χ1v) is 8.10. The maximum Gasteiger partial charge on any atom is 0.241 e. The van der Waals surface area contributed by atoms with E-state index < -0.39 is 0 Å². The van der Waals surface area contributed by atoms with E-state index in [0.29, 0.717) is 31.7 Å². The predicted molar refractivity (Wildman–Crippen MR) is 84.0 cm³/mol. The molecule has 2 atom stereocenters. The van der Waals surface area contributed by atoms with E-state index in [0.717, 1.165) is 19.4 Å². The third-order valence-corrected chi connectivity index (χ3v) is 3.78. The molecule has 1 aliphatic rings. The molecule has 1 fully saturated rings. The molecule has 5 heteroatoms. The number of hydrogen-bond donors (Lipinski definition) is 1. The fraction of sp³-hybridized carbons (Fsp3) is 0.938. The molecule has 2 unspecified atom stereocenters. The van der Waals surface area contributed by atoms with Crippen LogP contribution in [0.2, 0.25) is 0 Å². The van der Waals surface area contributed by atoms with Crippen LogP contribution in [0.1, 0.15) is 40.5 Å².